The van der Waals surface area contributed by atoms with Gasteiger partial charge in [0.15, 0.2) is 6.29 Å². The fourth-order valence-corrected chi connectivity index (χ4v) is 0.282. The number of carbonyl (C=O) groups excluding carboxylic acids is 2. The Hall–Kier alpha value is -1.16. The normalized spacial score (nSPS) is 11.7. The Kier molecular flexibility index (Phi) is 4.15. The first-order valence-corrected chi connectivity index (χ1v) is 2.63. The first kappa shape index (κ1) is 8.84. The minimum Gasteiger partial charge on any atom is -0.459 e. The summed E-state index contributed by atoms with van der Waals surface area (Å²) in [5.41, 5.74) is 0. The molecule has 0 amide bonds. The Morgan fingerprint density at radius 1 is 1.80 bits per heavy atom. The van der Waals surface area contributed by atoms with Crippen LogP contribution in [0.5, 0.6) is 0 Å². The largest absolute Gasteiger partial charge is 0.459 e. The molecular weight excluding hydrogens is 136 g/mol. The maximum atomic E-state index is 10.4. The molecule has 0 heterocycles. The van der Waals surface area contributed by atoms with Crippen LogP contribution in [-0.4, -0.2) is 30.1 Å². The lowest BCUT2D eigenvalue weighted by Gasteiger charge is -2.00. The zero-order chi connectivity index (χ0) is 7.98. The standard InChI is InChI=1S/C6H8O4/c1-2-3-10-6(9)5(8)4-7/h2,4-5,8H,1,3H2. The van der Waals surface area contributed by atoms with Gasteiger partial charge in [-0.3, -0.25) is 4.79 Å². The second-order valence-electron chi connectivity index (χ2n) is 1.50. The van der Waals surface area contributed by atoms with Gasteiger partial charge in [-0.1, -0.05) is 12.7 Å². The average Bonchev–Trinajstić information content (AvgIpc) is 1.98. The first-order chi connectivity index (χ1) is 4.72. The Bertz CT molecular complexity index is 141. The second-order valence-corrected chi connectivity index (χ2v) is 1.50. The van der Waals surface area contributed by atoms with Gasteiger partial charge in [-0.25, -0.2) is 4.79 Å². The maximum Gasteiger partial charge on any atom is 0.342 e. The van der Waals surface area contributed by atoms with E-state index in [0.29, 0.717) is 0 Å². The molecule has 0 rings (SSSR count). The third kappa shape index (κ3) is 2.99. The van der Waals surface area contributed by atoms with Crippen LogP contribution in [0.3, 0.4) is 0 Å². The molecule has 4 heteroatoms. The smallest absolute Gasteiger partial charge is 0.342 e. The fourth-order valence-electron chi connectivity index (χ4n) is 0.282. The van der Waals surface area contributed by atoms with E-state index in [0.717, 1.165) is 0 Å². The van der Waals surface area contributed by atoms with E-state index in [4.69, 9.17) is 5.11 Å². The van der Waals surface area contributed by atoms with Crippen molar-refractivity contribution in [2.45, 2.75) is 6.10 Å². The summed E-state index contributed by atoms with van der Waals surface area (Å²) in [7, 11) is 0. The molecule has 10 heavy (non-hydrogen) atoms. The van der Waals surface area contributed by atoms with Crippen LogP contribution in [0.2, 0.25) is 0 Å². The van der Waals surface area contributed by atoms with Gasteiger partial charge in [0, 0.05) is 0 Å². The van der Waals surface area contributed by atoms with Gasteiger partial charge in [0.1, 0.15) is 6.61 Å². The van der Waals surface area contributed by atoms with Crippen LogP contribution < -0.4 is 0 Å². The first-order valence-electron chi connectivity index (χ1n) is 2.63. The summed E-state index contributed by atoms with van der Waals surface area (Å²) in [4.78, 5) is 20.1. The Labute approximate surface area is 58.1 Å². The van der Waals surface area contributed by atoms with Crippen LogP contribution in [0.4, 0.5) is 0 Å². The number of carbonyl (C=O) groups is 2. The van der Waals surface area contributed by atoms with Crippen LogP contribution in [0.1, 0.15) is 0 Å². The lowest BCUT2D eigenvalue weighted by Crippen LogP contribution is -2.24. The molecule has 0 fully saturated rings. The third-order valence-corrected chi connectivity index (χ3v) is 0.714. The highest BCUT2D eigenvalue weighted by Gasteiger charge is 2.13. The fraction of sp³-hybridized carbons (Fsp3) is 0.333. The predicted octanol–water partition coefficient (Wildman–Crippen LogP) is -0.725. The van der Waals surface area contributed by atoms with Crippen LogP contribution in [0.25, 0.3) is 0 Å². The number of aliphatic hydroxyl groups is 1. The molecular formula is C6H8O4. The van der Waals surface area contributed by atoms with Crippen molar-refractivity contribution in [1.82, 2.24) is 0 Å². The topological polar surface area (TPSA) is 63.6 Å². The Morgan fingerprint density at radius 2 is 2.40 bits per heavy atom. The van der Waals surface area contributed by atoms with Gasteiger partial charge in [-0.05, 0) is 0 Å². The average molecular weight is 144 g/mol. The number of hydrogen-bond donors (Lipinski definition) is 1. The molecule has 0 radical (unpaired) electrons. The molecule has 0 aromatic heterocycles. The van der Waals surface area contributed by atoms with E-state index in [-0.39, 0.29) is 12.9 Å². The second kappa shape index (κ2) is 4.69. The molecule has 1 atom stereocenters. The number of esters is 1. The Balaban J connectivity index is 3.61. The van der Waals surface area contributed by atoms with Gasteiger partial charge in [0.25, 0.3) is 0 Å². The van der Waals surface area contributed by atoms with Crippen molar-refractivity contribution >= 4 is 12.3 Å². The quantitative estimate of drug-likeness (QED) is 0.244. The third-order valence-electron chi connectivity index (χ3n) is 0.714. The molecule has 0 aromatic carbocycles. The molecule has 56 valence electrons. The summed E-state index contributed by atoms with van der Waals surface area (Å²) >= 11 is 0. The van der Waals surface area contributed by atoms with E-state index in [1.165, 1.54) is 6.08 Å². The van der Waals surface area contributed by atoms with Gasteiger partial charge in [-0.2, -0.15) is 0 Å². The predicted molar refractivity (Wildman–Crippen MR) is 33.2 cm³/mol. The van der Waals surface area contributed by atoms with Gasteiger partial charge >= 0.3 is 5.97 Å². The van der Waals surface area contributed by atoms with Crippen molar-refractivity contribution in [3.63, 3.8) is 0 Å². The molecule has 0 aromatic rings. The number of hydrogen-bond acceptors (Lipinski definition) is 4. The van der Waals surface area contributed by atoms with Crippen molar-refractivity contribution < 1.29 is 19.4 Å². The lowest BCUT2D eigenvalue weighted by molar-refractivity contribution is -0.153. The van der Waals surface area contributed by atoms with E-state index >= 15 is 0 Å². The number of ether oxygens (including phenoxy) is 1. The van der Waals surface area contributed by atoms with E-state index in [2.05, 4.69) is 11.3 Å². The molecule has 4 nitrogen and oxygen atoms in total. The van der Waals surface area contributed by atoms with Crippen LogP contribution in [-0.2, 0) is 14.3 Å². The molecule has 0 bridgehead atoms. The minimum absolute atomic E-state index is 0.00370. The van der Waals surface area contributed by atoms with E-state index < -0.39 is 12.1 Å². The highest BCUT2D eigenvalue weighted by Crippen LogP contribution is 1.84. The van der Waals surface area contributed by atoms with Gasteiger partial charge in [0.2, 0.25) is 6.10 Å². The molecule has 0 aliphatic carbocycles. The van der Waals surface area contributed by atoms with Crippen molar-refractivity contribution in [1.29, 1.82) is 0 Å². The molecule has 0 spiro atoms. The molecule has 0 aliphatic heterocycles. The molecule has 0 saturated heterocycles. The van der Waals surface area contributed by atoms with E-state index in [1.807, 2.05) is 0 Å². The molecule has 0 saturated carbocycles. The zero-order valence-electron chi connectivity index (χ0n) is 5.32. The van der Waals surface area contributed by atoms with Gasteiger partial charge in [-0.15, -0.1) is 0 Å². The van der Waals surface area contributed by atoms with Crippen LogP contribution in [0, 0.1) is 0 Å². The monoisotopic (exact) mass is 144 g/mol. The van der Waals surface area contributed by atoms with Crippen molar-refractivity contribution in [3.8, 4) is 0 Å². The van der Waals surface area contributed by atoms with Crippen molar-refractivity contribution in [2.24, 2.45) is 0 Å². The highest BCUT2D eigenvalue weighted by atomic mass is 16.5. The highest BCUT2D eigenvalue weighted by molar-refractivity contribution is 5.90. The summed E-state index contributed by atoms with van der Waals surface area (Å²) in [5.74, 6) is -0.949. The Morgan fingerprint density at radius 3 is 2.80 bits per heavy atom. The van der Waals surface area contributed by atoms with Crippen molar-refractivity contribution in [2.75, 3.05) is 6.61 Å². The molecule has 1 N–H and O–H groups in total. The number of aliphatic hydroxyl groups excluding tert-OH is 1. The SMILES string of the molecule is C=CCOC(=O)C(O)C=O. The van der Waals surface area contributed by atoms with Crippen LogP contribution in [0.15, 0.2) is 12.7 Å². The summed E-state index contributed by atoms with van der Waals surface area (Å²) in [5, 5.41) is 8.48. The van der Waals surface area contributed by atoms with Gasteiger partial charge < -0.3 is 9.84 Å². The summed E-state index contributed by atoms with van der Waals surface area (Å²) in [6, 6.07) is 0. The molecule has 1 unspecified atom stereocenters. The zero-order valence-corrected chi connectivity index (χ0v) is 5.32. The minimum atomic E-state index is -1.67. The summed E-state index contributed by atoms with van der Waals surface area (Å²) < 4.78 is 4.31. The van der Waals surface area contributed by atoms with Crippen molar-refractivity contribution in [3.05, 3.63) is 12.7 Å². The number of rotatable bonds is 4. The lowest BCUT2D eigenvalue weighted by atomic mass is 10.4. The maximum absolute atomic E-state index is 10.4. The van der Waals surface area contributed by atoms with Gasteiger partial charge in [0.05, 0.1) is 0 Å². The summed E-state index contributed by atoms with van der Waals surface area (Å²) in [6.07, 6.45) is -0.221. The molecule has 0 aliphatic rings. The number of aldehydes is 1. The summed E-state index contributed by atoms with van der Waals surface area (Å²) in [6.45, 7) is 3.27. The van der Waals surface area contributed by atoms with E-state index in [9.17, 15) is 9.59 Å². The van der Waals surface area contributed by atoms with E-state index in [1.54, 1.807) is 0 Å². The van der Waals surface area contributed by atoms with Crippen LogP contribution >= 0.6 is 0 Å².